The Labute approximate surface area is 322 Å². The van der Waals surface area contributed by atoms with Crippen molar-refractivity contribution in [3.05, 3.63) is 180 Å². The number of aliphatic hydroxyl groups excluding tert-OH is 1. The van der Waals surface area contributed by atoms with Gasteiger partial charge in [-0.05, 0) is 89.5 Å². The van der Waals surface area contributed by atoms with Crippen molar-refractivity contribution in [3.63, 3.8) is 0 Å². The van der Waals surface area contributed by atoms with Crippen molar-refractivity contribution in [1.29, 1.82) is 0 Å². The van der Waals surface area contributed by atoms with Gasteiger partial charge >= 0.3 is 6.03 Å². The Bertz CT molecular complexity index is 2100. The number of hydrogen-bond donors (Lipinski definition) is 3. The number of ether oxygens (including phenoxy) is 3. The van der Waals surface area contributed by atoms with E-state index in [0.29, 0.717) is 18.0 Å². The van der Waals surface area contributed by atoms with Crippen LogP contribution in [-0.2, 0) is 29.0 Å². The van der Waals surface area contributed by atoms with Gasteiger partial charge in [0.2, 0.25) is 0 Å². The van der Waals surface area contributed by atoms with Gasteiger partial charge in [-0.2, -0.15) is 0 Å². The molecular weight excluding hydrogens is 689 g/mol. The average Bonchev–Trinajstić information content (AvgIpc) is 3.24. The Morgan fingerprint density at radius 2 is 1.53 bits per heavy atom. The van der Waals surface area contributed by atoms with Gasteiger partial charge in [-0.1, -0.05) is 91.0 Å². The van der Waals surface area contributed by atoms with E-state index in [4.69, 9.17) is 14.2 Å². The molecule has 1 aromatic heterocycles. The van der Waals surface area contributed by atoms with Crippen molar-refractivity contribution in [2.45, 2.75) is 44.5 Å². The molecule has 9 heteroatoms. The summed E-state index contributed by atoms with van der Waals surface area (Å²) in [6.45, 7) is 2.00. The van der Waals surface area contributed by atoms with E-state index in [1.807, 2.05) is 109 Å². The van der Waals surface area contributed by atoms with Crippen LogP contribution < -0.4 is 15.4 Å². The molecule has 1 aliphatic heterocycles. The van der Waals surface area contributed by atoms with Crippen molar-refractivity contribution in [2.24, 2.45) is 0 Å². The number of carbonyl (C=O) groups is 1. The highest BCUT2D eigenvalue weighted by atomic mass is 16.7. The van der Waals surface area contributed by atoms with Crippen molar-refractivity contribution in [3.8, 4) is 22.6 Å². The fraction of sp³-hybridized carbons (Fsp3) is 0.217. The first-order chi connectivity index (χ1) is 27.0. The quantitative estimate of drug-likeness (QED) is 0.103. The minimum absolute atomic E-state index is 0.00391. The first-order valence-electron chi connectivity index (χ1n) is 18.6. The van der Waals surface area contributed by atoms with Crippen LogP contribution in [0.2, 0.25) is 0 Å². The first kappa shape index (κ1) is 37.5. The third kappa shape index (κ3) is 10.6. The van der Waals surface area contributed by atoms with Crippen molar-refractivity contribution in [1.82, 2.24) is 15.2 Å². The van der Waals surface area contributed by atoms with E-state index in [9.17, 15) is 9.90 Å². The number of nitrogens with one attached hydrogen (secondary N) is 2. The molecule has 0 radical (unpaired) electrons. The molecule has 1 aliphatic rings. The fourth-order valence-corrected chi connectivity index (χ4v) is 6.61. The van der Waals surface area contributed by atoms with Gasteiger partial charge in [0.15, 0.2) is 6.29 Å². The molecule has 2 amide bonds. The highest BCUT2D eigenvalue weighted by molar-refractivity contribution is 5.89. The SMILES string of the molecule is CN(CCc1ccccn1)CC1CC(c2ccc(CO)cc2)OC(c2ccc(-c3cccc(CNC(=O)Nc4ccc(Oc5ccccc5)cc4)c3)cc2)O1. The minimum Gasteiger partial charge on any atom is -0.457 e. The lowest BCUT2D eigenvalue weighted by molar-refractivity contribution is -0.252. The monoisotopic (exact) mass is 734 g/mol. The van der Waals surface area contributed by atoms with Gasteiger partial charge in [-0.3, -0.25) is 4.98 Å². The van der Waals surface area contributed by atoms with E-state index in [2.05, 4.69) is 70.0 Å². The van der Waals surface area contributed by atoms with E-state index < -0.39 is 6.29 Å². The molecule has 3 atom stereocenters. The summed E-state index contributed by atoms with van der Waals surface area (Å²) >= 11 is 0. The molecule has 1 fully saturated rings. The van der Waals surface area contributed by atoms with Crippen LogP contribution in [0.5, 0.6) is 11.5 Å². The molecule has 5 aromatic carbocycles. The number of hydrogen-bond acceptors (Lipinski definition) is 7. The second-order valence-electron chi connectivity index (χ2n) is 13.8. The normalized spacial score (nSPS) is 16.7. The van der Waals surface area contributed by atoms with Crippen LogP contribution in [0.25, 0.3) is 11.1 Å². The maximum absolute atomic E-state index is 12.7. The number of anilines is 1. The van der Waals surface area contributed by atoms with Gasteiger partial charge in [-0.15, -0.1) is 0 Å². The van der Waals surface area contributed by atoms with Gasteiger partial charge in [0, 0.05) is 55.6 Å². The number of likely N-dealkylation sites (N-methyl/N-ethyl adjacent to an activating group) is 1. The van der Waals surface area contributed by atoms with Gasteiger partial charge in [0.05, 0.1) is 18.8 Å². The van der Waals surface area contributed by atoms with Crippen molar-refractivity contribution < 1.29 is 24.1 Å². The number of nitrogens with zero attached hydrogens (tertiary/aromatic N) is 2. The second-order valence-corrected chi connectivity index (χ2v) is 13.8. The molecule has 7 rings (SSSR count). The second kappa shape index (κ2) is 18.5. The molecule has 1 saturated heterocycles. The zero-order valence-electron chi connectivity index (χ0n) is 30.9. The number of aliphatic hydroxyl groups is 1. The van der Waals surface area contributed by atoms with Crippen LogP contribution >= 0.6 is 0 Å². The van der Waals surface area contributed by atoms with Crippen LogP contribution in [0.3, 0.4) is 0 Å². The van der Waals surface area contributed by atoms with Gasteiger partial charge < -0.3 is 34.9 Å². The Morgan fingerprint density at radius 3 is 2.27 bits per heavy atom. The number of para-hydroxylation sites is 1. The summed E-state index contributed by atoms with van der Waals surface area (Å²) in [7, 11) is 2.12. The lowest BCUT2D eigenvalue weighted by Crippen LogP contribution is -2.38. The molecule has 2 heterocycles. The van der Waals surface area contributed by atoms with Gasteiger partial charge in [0.25, 0.3) is 0 Å². The maximum Gasteiger partial charge on any atom is 0.319 e. The molecule has 280 valence electrons. The molecule has 6 aromatic rings. The minimum atomic E-state index is -0.541. The lowest BCUT2D eigenvalue weighted by Gasteiger charge is -2.38. The summed E-state index contributed by atoms with van der Waals surface area (Å²) in [4.78, 5) is 19.5. The number of carbonyl (C=O) groups excluding carboxylic acids is 1. The van der Waals surface area contributed by atoms with E-state index >= 15 is 0 Å². The van der Waals surface area contributed by atoms with Crippen LogP contribution in [0.15, 0.2) is 152 Å². The number of urea groups is 1. The number of aromatic nitrogens is 1. The number of benzene rings is 5. The molecule has 0 saturated carbocycles. The van der Waals surface area contributed by atoms with Crippen molar-refractivity contribution >= 4 is 11.7 Å². The maximum atomic E-state index is 12.7. The Kier molecular flexibility index (Phi) is 12.6. The smallest absolute Gasteiger partial charge is 0.319 e. The molecule has 0 spiro atoms. The number of pyridine rings is 1. The van der Waals surface area contributed by atoms with Crippen LogP contribution in [0.4, 0.5) is 10.5 Å². The summed E-state index contributed by atoms with van der Waals surface area (Å²) in [5.74, 6) is 1.44. The fourth-order valence-electron chi connectivity index (χ4n) is 6.61. The zero-order chi connectivity index (χ0) is 37.8. The largest absolute Gasteiger partial charge is 0.457 e. The zero-order valence-corrected chi connectivity index (χ0v) is 30.9. The Morgan fingerprint density at radius 1 is 0.782 bits per heavy atom. The molecule has 3 N–H and O–H groups in total. The summed E-state index contributed by atoms with van der Waals surface area (Å²) in [5, 5.41) is 15.4. The molecule has 3 unspecified atom stereocenters. The number of amides is 2. The highest BCUT2D eigenvalue weighted by Crippen LogP contribution is 2.38. The lowest BCUT2D eigenvalue weighted by atomic mass is 9.99. The Hall–Kier alpha value is -5.84. The molecule has 9 nitrogen and oxygen atoms in total. The van der Waals surface area contributed by atoms with Gasteiger partial charge in [0.1, 0.15) is 11.5 Å². The molecule has 0 aliphatic carbocycles. The number of rotatable bonds is 14. The van der Waals surface area contributed by atoms with Gasteiger partial charge in [-0.25, -0.2) is 4.79 Å². The van der Waals surface area contributed by atoms with Crippen LogP contribution in [-0.4, -0.2) is 47.3 Å². The van der Waals surface area contributed by atoms with Crippen LogP contribution in [0, 0.1) is 0 Å². The van der Waals surface area contributed by atoms with E-state index in [1.165, 1.54) is 0 Å². The summed E-state index contributed by atoms with van der Waals surface area (Å²) in [6.07, 6.45) is 2.67. The van der Waals surface area contributed by atoms with Crippen LogP contribution in [0.1, 0.15) is 46.8 Å². The highest BCUT2D eigenvalue weighted by Gasteiger charge is 2.32. The molecule has 0 bridgehead atoms. The predicted molar refractivity (Wildman–Crippen MR) is 215 cm³/mol. The third-order valence-corrected chi connectivity index (χ3v) is 9.59. The Balaban J connectivity index is 0.963. The first-order valence-corrected chi connectivity index (χ1v) is 18.6. The van der Waals surface area contributed by atoms with E-state index in [0.717, 1.165) is 70.8 Å². The standard InChI is InChI=1S/C46H46N4O5/c1-50(27-25-39-10-5-6-26-47-39)31-43-29-44(36-15-13-33(32-51)14-16-36)55-45(54-43)37-19-17-35(18-20-37)38-9-7-8-34(28-38)30-48-46(52)49-40-21-23-42(24-22-40)53-41-11-3-2-4-12-41/h2-24,26,28,43-45,51H,25,27,29-32H2,1H3,(H2,48,49,52). The third-order valence-electron chi connectivity index (χ3n) is 9.59. The summed E-state index contributed by atoms with van der Waals surface area (Å²) in [6, 6.07) is 47.0. The topological polar surface area (TPSA) is 105 Å². The predicted octanol–water partition coefficient (Wildman–Crippen LogP) is 9.07. The van der Waals surface area contributed by atoms with Crippen molar-refractivity contribution in [2.75, 3.05) is 25.5 Å². The van der Waals surface area contributed by atoms with E-state index in [-0.39, 0.29) is 24.8 Å². The summed E-state index contributed by atoms with van der Waals surface area (Å²) < 4.78 is 19.1. The van der Waals surface area contributed by atoms with E-state index in [1.54, 1.807) is 0 Å². The average molecular weight is 735 g/mol. The molecular formula is C46H46N4O5. The molecule has 55 heavy (non-hydrogen) atoms. The summed E-state index contributed by atoms with van der Waals surface area (Å²) in [5.41, 5.74) is 7.68.